The van der Waals surface area contributed by atoms with Crippen molar-refractivity contribution in [3.63, 3.8) is 0 Å². The summed E-state index contributed by atoms with van der Waals surface area (Å²) in [5.74, 6) is -5.40. The summed E-state index contributed by atoms with van der Waals surface area (Å²) in [6.45, 7) is 0.360. The lowest BCUT2D eigenvalue weighted by atomic mass is 10.1. The molecule has 0 spiro atoms. The van der Waals surface area contributed by atoms with E-state index in [1.165, 1.54) is 17.2 Å². The smallest absolute Gasteiger partial charge is 0.430 e. The average molecular weight is 530 g/mol. The summed E-state index contributed by atoms with van der Waals surface area (Å²) in [6, 6.07) is 0.655. The van der Waals surface area contributed by atoms with E-state index in [1.54, 1.807) is 16.8 Å². The third-order valence-corrected chi connectivity index (χ3v) is 5.56. The predicted molar refractivity (Wildman–Crippen MR) is 113 cm³/mol. The van der Waals surface area contributed by atoms with Crippen LogP contribution in [0.4, 0.5) is 13.2 Å². The van der Waals surface area contributed by atoms with E-state index >= 15 is 0 Å². The van der Waals surface area contributed by atoms with Crippen LogP contribution in [0.25, 0.3) is 0 Å². The number of carbonyl (C=O) groups excluding carboxylic acids is 6. The van der Waals surface area contributed by atoms with Gasteiger partial charge in [-0.25, -0.2) is 4.57 Å². The molecule has 2 fully saturated rings. The molecule has 13 nitrogen and oxygen atoms in total. The molecular weight excluding hydrogens is 505 g/mol. The van der Waals surface area contributed by atoms with Gasteiger partial charge in [-0.3, -0.25) is 24.0 Å². The largest absolute Gasteiger partial charge is 0.542 e. The van der Waals surface area contributed by atoms with Crippen molar-refractivity contribution < 1.29 is 51.6 Å². The number of nitrogens with one attached hydrogen (secondary N) is 2. The van der Waals surface area contributed by atoms with Crippen LogP contribution in [-0.4, -0.2) is 71.3 Å². The third-order valence-electron chi connectivity index (χ3n) is 5.56. The van der Waals surface area contributed by atoms with Gasteiger partial charge < -0.3 is 36.9 Å². The summed E-state index contributed by atoms with van der Waals surface area (Å²) in [6.07, 6.45) is -0.424. The van der Waals surface area contributed by atoms with Crippen LogP contribution >= 0.6 is 0 Å². The van der Waals surface area contributed by atoms with E-state index in [1.807, 2.05) is 0 Å². The molecule has 0 aromatic carbocycles. The molecule has 0 aliphatic carbocycles. The predicted octanol–water partition coefficient (Wildman–Crippen LogP) is -3.39. The molecule has 37 heavy (non-hydrogen) atoms. The Balaban J connectivity index is 0.000000604. The number of carboxylic acid groups (broad SMARTS) is 1. The molecule has 16 heteroatoms. The number of pyridine rings is 1. The van der Waals surface area contributed by atoms with Crippen molar-refractivity contribution in [3.05, 3.63) is 30.1 Å². The van der Waals surface area contributed by atoms with E-state index in [-0.39, 0.29) is 24.4 Å². The second kappa shape index (κ2) is 12.1. The second-order valence-electron chi connectivity index (χ2n) is 8.25. The van der Waals surface area contributed by atoms with E-state index in [0.717, 1.165) is 0 Å². The fraction of sp³-hybridized carbons (Fsp3) is 0.476. The number of hydrogen-bond acceptors (Lipinski definition) is 7. The Morgan fingerprint density at radius 2 is 1.86 bits per heavy atom. The zero-order valence-electron chi connectivity index (χ0n) is 19.3. The van der Waals surface area contributed by atoms with Crippen LogP contribution in [0.3, 0.4) is 0 Å². The molecule has 3 rings (SSSR count). The highest BCUT2D eigenvalue weighted by molar-refractivity contribution is 5.95. The van der Waals surface area contributed by atoms with Crippen molar-refractivity contribution in [2.24, 2.45) is 11.5 Å². The standard InChI is InChI=1S/C19H24N6O5.C2HF3O2/c20-16(27)11-3-1-7-24(9-11)10-13(23-18(29)12-5-6-15(26)22-12)19(30)25-8-2-4-14(25)17(21)28;3-2(4,5)1(6)7/h1,3,7,9,12-14H,2,4-6,8,10H2,(H5-,20,21,22,23,26,27,28,29);(H,6,7)/t12-,13?,14-;/m0./s1. The molecular formula is C21H25F3N6O7. The van der Waals surface area contributed by atoms with Gasteiger partial charge >= 0.3 is 6.18 Å². The number of hydrogen-bond donors (Lipinski definition) is 4. The molecule has 0 bridgehead atoms. The number of aliphatic carboxylic acids is 1. The first kappa shape index (κ1) is 29.0. The molecule has 0 saturated carbocycles. The number of halogens is 3. The SMILES string of the molecule is NC(=O)c1ccc[n+](CC(NC(=O)[C@@H]2CCC(=O)N2)C(=O)N2CCC[C@H]2C(N)=O)c1.O=C([O-])C(F)(F)F. The minimum absolute atomic E-state index is 0.00828. The summed E-state index contributed by atoms with van der Waals surface area (Å²) >= 11 is 0. The lowest BCUT2D eigenvalue weighted by Crippen LogP contribution is -2.59. The summed E-state index contributed by atoms with van der Waals surface area (Å²) in [4.78, 5) is 70.6. The van der Waals surface area contributed by atoms with Crippen molar-refractivity contribution in [1.82, 2.24) is 15.5 Å². The number of carboxylic acids is 1. The molecule has 3 heterocycles. The number of nitrogens with two attached hydrogens (primary N) is 2. The highest BCUT2D eigenvalue weighted by atomic mass is 19.4. The second-order valence-corrected chi connectivity index (χ2v) is 8.25. The Hall–Kier alpha value is -4.24. The molecule has 2 saturated heterocycles. The van der Waals surface area contributed by atoms with E-state index in [9.17, 15) is 37.1 Å². The molecule has 1 unspecified atom stereocenters. The summed E-state index contributed by atoms with van der Waals surface area (Å²) in [5.41, 5.74) is 11.0. The van der Waals surface area contributed by atoms with Crippen LogP contribution in [0, 0.1) is 0 Å². The number of likely N-dealkylation sites (tertiary alicyclic amines) is 1. The minimum Gasteiger partial charge on any atom is -0.542 e. The molecule has 1 aromatic rings. The van der Waals surface area contributed by atoms with Gasteiger partial charge in [0.1, 0.15) is 23.6 Å². The summed E-state index contributed by atoms with van der Waals surface area (Å²) < 4.78 is 33.1. The molecule has 3 atom stereocenters. The van der Waals surface area contributed by atoms with E-state index < -0.39 is 53.9 Å². The number of primary amides is 2. The van der Waals surface area contributed by atoms with Crippen LogP contribution in [0.2, 0.25) is 0 Å². The molecule has 0 radical (unpaired) electrons. The van der Waals surface area contributed by atoms with Crippen molar-refractivity contribution in [2.45, 2.75) is 56.5 Å². The van der Waals surface area contributed by atoms with Crippen LogP contribution in [0.5, 0.6) is 0 Å². The van der Waals surface area contributed by atoms with Crippen LogP contribution in [0.15, 0.2) is 24.5 Å². The van der Waals surface area contributed by atoms with Gasteiger partial charge in [0, 0.05) is 19.0 Å². The topological polar surface area (TPSA) is 209 Å². The highest BCUT2D eigenvalue weighted by Crippen LogP contribution is 2.18. The molecule has 5 amide bonds. The van der Waals surface area contributed by atoms with Crippen molar-refractivity contribution in [1.29, 1.82) is 0 Å². The number of aromatic nitrogens is 1. The first-order valence-electron chi connectivity index (χ1n) is 11.0. The Labute approximate surface area is 207 Å². The quantitative estimate of drug-likeness (QED) is 0.263. The van der Waals surface area contributed by atoms with E-state index in [0.29, 0.717) is 25.8 Å². The monoisotopic (exact) mass is 530 g/mol. The summed E-state index contributed by atoms with van der Waals surface area (Å²) in [7, 11) is 0. The number of rotatable bonds is 7. The lowest BCUT2D eigenvalue weighted by Gasteiger charge is -2.27. The van der Waals surface area contributed by atoms with Gasteiger partial charge in [-0.05, 0) is 25.3 Å². The van der Waals surface area contributed by atoms with Crippen LogP contribution in [-0.2, 0) is 30.5 Å². The normalized spacial score (nSPS) is 19.8. The van der Waals surface area contributed by atoms with Crippen LogP contribution in [0.1, 0.15) is 36.0 Å². The van der Waals surface area contributed by atoms with Crippen molar-refractivity contribution in [3.8, 4) is 0 Å². The highest BCUT2D eigenvalue weighted by Gasteiger charge is 2.39. The fourth-order valence-corrected chi connectivity index (χ4v) is 3.79. The van der Waals surface area contributed by atoms with E-state index in [2.05, 4.69) is 10.6 Å². The zero-order chi connectivity index (χ0) is 27.9. The molecule has 1 aromatic heterocycles. The first-order valence-corrected chi connectivity index (χ1v) is 11.0. The van der Waals surface area contributed by atoms with E-state index in [4.69, 9.17) is 21.4 Å². The molecule has 2 aliphatic rings. The Morgan fingerprint density at radius 1 is 1.22 bits per heavy atom. The van der Waals surface area contributed by atoms with Gasteiger partial charge in [-0.2, -0.15) is 13.2 Å². The first-order chi connectivity index (χ1) is 17.2. The lowest BCUT2D eigenvalue weighted by molar-refractivity contribution is -0.697. The summed E-state index contributed by atoms with van der Waals surface area (Å²) in [5, 5.41) is 14.0. The fourth-order valence-electron chi connectivity index (χ4n) is 3.79. The van der Waals surface area contributed by atoms with Gasteiger partial charge in [-0.15, -0.1) is 0 Å². The van der Waals surface area contributed by atoms with Gasteiger partial charge in [0.25, 0.3) is 11.8 Å². The molecule has 6 N–H and O–H groups in total. The maximum atomic E-state index is 13.2. The van der Waals surface area contributed by atoms with Gasteiger partial charge in [-0.1, -0.05) is 0 Å². The third kappa shape index (κ3) is 8.15. The molecule has 202 valence electrons. The maximum Gasteiger partial charge on any atom is 0.430 e. The number of carbonyl (C=O) groups is 6. The Kier molecular flexibility index (Phi) is 9.51. The maximum absolute atomic E-state index is 13.2. The Morgan fingerprint density at radius 3 is 2.38 bits per heavy atom. The number of nitrogens with zero attached hydrogens (tertiary/aromatic N) is 2. The van der Waals surface area contributed by atoms with Crippen LogP contribution < -0.4 is 31.8 Å². The number of alkyl halides is 3. The Bertz CT molecular complexity index is 1080. The van der Waals surface area contributed by atoms with Gasteiger partial charge in [0.15, 0.2) is 25.0 Å². The van der Waals surface area contributed by atoms with Crippen molar-refractivity contribution in [2.75, 3.05) is 6.54 Å². The van der Waals surface area contributed by atoms with Gasteiger partial charge in [0.2, 0.25) is 17.7 Å². The van der Waals surface area contributed by atoms with Gasteiger partial charge in [0.05, 0.1) is 0 Å². The molecule has 2 aliphatic heterocycles. The zero-order valence-corrected chi connectivity index (χ0v) is 19.3. The minimum atomic E-state index is -5.19. The average Bonchev–Trinajstić information content (AvgIpc) is 3.47. The van der Waals surface area contributed by atoms with Crippen molar-refractivity contribution >= 4 is 35.5 Å². The number of amides is 5.